The Morgan fingerprint density at radius 2 is 2.40 bits per heavy atom. The van der Waals surface area contributed by atoms with Crippen molar-refractivity contribution < 1.29 is 4.74 Å². The number of nitrogens with two attached hydrogens (primary N) is 1. The molecule has 2 unspecified atom stereocenters. The highest BCUT2D eigenvalue weighted by molar-refractivity contribution is 7.09. The first-order valence-corrected chi connectivity index (χ1v) is 6.28. The minimum Gasteiger partial charge on any atom is -0.376 e. The smallest absolute Gasteiger partial charge is 0.116 e. The first kappa shape index (κ1) is 11.0. The quantitative estimate of drug-likeness (QED) is 0.841. The maximum absolute atomic E-state index is 6.36. The Morgan fingerprint density at radius 3 is 2.87 bits per heavy atom. The second-order valence-corrected chi connectivity index (χ2v) is 5.39. The first-order valence-electron chi connectivity index (χ1n) is 5.40. The van der Waals surface area contributed by atoms with E-state index in [4.69, 9.17) is 10.5 Å². The van der Waals surface area contributed by atoms with Crippen LogP contribution < -0.4 is 5.73 Å². The molecule has 0 radical (unpaired) electrons. The molecule has 2 N–H and O–H groups in total. The molecule has 1 saturated heterocycles. The molecule has 15 heavy (non-hydrogen) atoms. The molecule has 1 aliphatic heterocycles. The molecular weight excluding hydrogens is 208 g/mol. The number of rotatable bonds is 2. The van der Waals surface area contributed by atoms with Crippen LogP contribution in [0.3, 0.4) is 0 Å². The van der Waals surface area contributed by atoms with Crippen molar-refractivity contribution in [1.82, 2.24) is 4.98 Å². The Hall–Kier alpha value is -0.450. The van der Waals surface area contributed by atoms with Crippen molar-refractivity contribution in [2.75, 3.05) is 6.61 Å². The van der Waals surface area contributed by atoms with Gasteiger partial charge in [0.05, 0.1) is 17.3 Å². The molecule has 3 nitrogen and oxygen atoms in total. The summed E-state index contributed by atoms with van der Waals surface area (Å²) in [5.41, 5.74) is 7.13. The van der Waals surface area contributed by atoms with E-state index in [2.05, 4.69) is 24.2 Å². The molecule has 0 spiro atoms. The highest BCUT2D eigenvalue weighted by Crippen LogP contribution is 2.35. The third-order valence-corrected chi connectivity index (χ3v) is 4.17. The van der Waals surface area contributed by atoms with E-state index in [0.717, 1.165) is 23.7 Å². The maximum Gasteiger partial charge on any atom is 0.116 e. The van der Waals surface area contributed by atoms with Crippen LogP contribution in [0.2, 0.25) is 0 Å². The van der Waals surface area contributed by atoms with Gasteiger partial charge in [0.15, 0.2) is 0 Å². The lowest BCUT2D eigenvalue weighted by atomic mass is 9.94. The summed E-state index contributed by atoms with van der Waals surface area (Å²) in [5, 5.41) is 3.14. The second-order valence-electron chi connectivity index (χ2n) is 4.54. The summed E-state index contributed by atoms with van der Waals surface area (Å²) in [5.74, 6) is 0.469. The van der Waals surface area contributed by atoms with Crippen molar-refractivity contribution in [1.29, 1.82) is 0 Å². The van der Waals surface area contributed by atoms with Gasteiger partial charge in [0, 0.05) is 12.0 Å². The van der Waals surface area contributed by atoms with Gasteiger partial charge >= 0.3 is 0 Å². The van der Waals surface area contributed by atoms with Crippen LogP contribution in [-0.4, -0.2) is 17.7 Å². The van der Waals surface area contributed by atoms with Crippen molar-refractivity contribution in [3.05, 3.63) is 16.1 Å². The number of hydrogen-bond donors (Lipinski definition) is 1. The van der Waals surface area contributed by atoms with Gasteiger partial charge in [-0.1, -0.05) is 13.8 Å². The molecular formula is C11H18N2OS. The van der Waals surface area contributed by atoms with Crippen LogP contribution in [0, 0.1) is 0 Å². The van der Waals surface area contributed by atoms with Gasteiger partial charge < -0.3 is 10.5 Å². The Kier molecular flexibility index (Phi) is 2.83. The van der Waals surface area contributed by atoms with Crippen LogP contribution in [0.4, 0.5) is 0 Å². The topological polar surface area (TPSA) is 48.1 Å². The lowest BCUT2D eigenvalue weighted by molar-refractivity contribution is 0.0950. The minimum absolute atomic E-state index is 0.0728. The Labute approximate surface area is 94.7 Å². The molecule has 0 saturated carbocycles. The molecule has 2 atom stereocenters. The zero-order valence-electron chi connectivity index (χ0n) is 9.49. The lowest BCUT2D eigenvalue weighted by Crippen LogP contribution is -2.42. The second kappa shape index (κ2) is 3.85. The van der Waals surface area contributed by atoms with Gasteiger partial charge in [-0.05, 0) is 19.3 Å². The Bertz CT molecular complexity index is 350. The van der Waals surface area contributed by atoms with Crippen molar-refractivity contribution in [2.45, 2.75) is 44.8 Å². The van der Waals surface area contributed by atoms with Gasteiger partial charge in [-0.25, -0.2) is 4.98 Å². The van der Waals surface area contributed by atoms with Gasteiger partial charge in [0.1, 0.15) is 5.01 Å². The van der Waals surface area contributed by atoms with E-state index in [-0.39, 0.29) is 11.6 Å². The molecule has 1 aromatic heterocycles. The van der Waals surface area contributed by atoms with E-state index in [1.807, 2.05) is 6.92 Å². The lowest BCUT2D eigenvalue weighted by Gasteiger charge is -2.24. The molecule has 1 aliphatic rings. The largest absolute Gasteiger partial charge is 0.376 e. The minimum atomic E-state index is -0.363. The molecule has 0 bridgehead atoms. The molecule has 0 aliphatic carbocycles. The average Bonchev–Trinajstić information content (AvgIpc) is 2.75. The molecule has 84 valence electrons. The Balaban J connectivity index is 2.28. The van der Waals surface area contributed by atoms with Gasteiger partial charge in [-0.15, -0.1) is 11.3 Å². The highest BCUT2D eigenvalue weighted by atomic mass is 32.1. The zero-order valence-corrected chi connectivity index (χ0v) is 10.3. The SMILES string of the molecule is CC(C)c1csc(C2(N)CCOC2C)n1. The summed E-state index contributed by atoms with van der Waals surface area (Å²) in [7, 11) is 0. The van der Waals surface area contributed by atoms with E-state index < -0.39 is 0 Å². The van der Waals surface area contributed by atoms with E-state index in [0.29, 0.717) is 5.92 Å². The van der Waals surface area contributed by atoms with Gasteiger partial charge in [-0.2, -0.15) is 0 Å². The van der Waals surface area contributed by atoms with Crippen molar-refractivity contribution >= 4 is 11.3 Å². The summed E-state index contributed by atoms with van der Waals surface area (Å²) >= 11 is 1.66. The third-order valence-electron chi connectivity index (χ3n) is 3.12. The van der Waals surface area contributed by atoms with Crippen LogP contribution in [-0.2, 0) is 10.3 Å². The van der Waals surface area contributed by atoms with Gasteiger partial charge in [0.25, 0.3) is 0 Å². The fourth-order valence-corrected chi connectivity index (χ4v) is 3.01. The third kappa shape index (κ3) is 1.82. The molecule has 1 aromatic rings. The number of thiazole rings is 1. The molecule has 0 amide bonds. The maximum atomic E-state index is 6.36. The molecule has 2 rings (SSSR count). The van der Waals surface area contributed by atoms with Crippen molar-refractivity contribution in [3.63, 3.8) is 0 Å². The van der Waals surface area contributed by atoms with Crippen molar-refractivity contribution in [3.8, 4) is 0 Å². The van der Waals surface area contributed by atoms with Crippen LogP contribution >= 0.6 is 11.3 Å². The molecule has 4 heteroatoms. The number of aromatic nitrogens is 1. The zero-order chi connectivity index (χ0) is 11.1. The number of ether oxygens (including phenoxy) is 1. The predicted molar refractivity (Wildman–Crippen MR) is 62.1 cm³/mol. The van der Waals surface area contributed by atoms with E-state index >= 15 is 0 Å². The summed E-state index contributed by atoms with van der Waals surface area (Å²) in [6, 6.07) is 0. The summed E-state index contributed by atoms with van der Waals surface area (Å²) in [6.45, 7) is 7.07. The van der Waals surface area contributed by atoms with Crippen LogP contribution in [0.1, 0.15) is 43.8 Å². The number of hydrogen-bond acceptors (Lipinski definition) is 4. The fourth-order valence-electron chi connectivity index (χ4n) is 1.80. The van der Waals surface area contributed by atoms with Gasteiger partial charge in [0.2, 0.25) is 0 Å². The van der Waals surface area contributed by atoms with Crippen LogP contribution in [0.5, 0.6) is 0 Å². The molecule has 1 fully saturated rings. The summed E-state index contributed by atoms with van der Waals surface area (Å²) in [4.78, 5) is 4.63. The monoisotopic (exact) mass is 226 g/mol. The normalized spacial score (nSPS) is 31.4. The predicted octanol–water partition coefficient (Wildman–Crippen LogP) is 2.23. The van der Waals surface area contributed by atoms with Gasteiger partial charge in [-0.3, -0.25) is 0 Å². The first-order chi connectivity index (χ1) is 7.04. The van der Waals surface area contributed by atoms with E-state index in [1.165, 1.54) is 0 Å². The highest BCUT2D eigenvalue weighted by Gasteiger charge is 2.41. The number of nitrogens with zero attached hydrogens (tertiary/aromatic N) is 1. The summed E-state index contributed by atoms with van der Waals surface area (Å²) in [6.07, 6.45) is 0.947. The molecule has 0 aromatic carbocycles. The average molecular weight is 226 g/mol. The Morgan fingerprint density at radius 1 is 1.67 bits per heavy atom. The summed E-state index contributed by atoms with van der Waals surface area (Å²) < 4.78 is 5.53. The van der Waals surface area contributed by atoms with Crippen molar-refractivity contribution in [2.24, 2.45) is 5.73 Å². The van der Waals surface area contributed by atoms with Crippen LogP contribution in [0.25, 0.3) is 0 Å². The van der Waals surface area contributed by atoms with E-state index in [1.54, 1.807) is 11.3 Å². The van der Waals surface area contributed by atoms with E-state index in [9.17, 15) is 0 Å². The standard InChI is InChI=1S/C11H18N2OS/c1-7(2)9-6-15-10(13-9)11(12)4-5-14-8(11)3/h6-8H,4-5,12H2,1-3H3. The fraction of sp³-hybridized carbons (Fsp3) is 0.727. The van der Waals surface area contributed by atoms with Crippen LogP contribution in [0.15, 0.2) is 5.38 Å². The molecule has 2 heterocycles.